The molecule has 0 bridgehead atoms. The van der Waals surface area contributed by atoms with Crippen LogP contribution < -0.4 is 5.32 Å². The quantitative estimate of drug-likeness (QED) is 0.885. The number of anilines is 1. The number of nitrogens with zero attached hydrogens (tertiary/aromatic N) is 1. The number of rotatable bonds is 4. The lowest BCUT2D eigenvalue weighted by atomic mass is 10.1. The summed E-state index contributed by atoms with van der Waals surface area (Å²) in [6.45, 7) is 1.94. The van der Waals surface area contributed by atoms with Gasteiger partial charge in [-0.15, -0.1) is 0 Å². The minimum atomic E-state index is -1.15. The Bertz CT molecular complexity index is 630. The van der Waals surface area contributed by atoms with Gasteiger partial charge >= 0.3 is 5.97 Å². The SMILES string of the molecule is CC(Nc1ccc(Cl)c(C(=O)O)n1)c1ccc(Cl)cc1. The number of pyridine rings is 1. The number of hydrogen-bond donors (Lipinski definition) is 2. The molecule has 0 spiro atoms. The van der Waals surface area contributed by atoms with Crippen molar-refractivity contribution in [2.24, 2.45) is 0 Å². The second-order valence-corrected chi connectivity index (χ2v) is 5.09. The molecular formula is C14H12Cl2N2O2. The van der Waals surface area contributed by atoms with E-state index in [4.69, 9.17) is 28.3 Å². The lowest BCUT2D eigenvalue weighted by molar-refractivity contribution is 0.0691. The van der Waals surface area contributed by atoms with Crippen molar-refractivity contribution in [3.8, 4) is 0 Å². The van der Waals surface area contributed by atoms with Gasteiger partial charge in [-0.1, -0.05) is 35.3 Å². The molecule has 0 aliphatic carbocycles. The van der Waals surface area contributed by atoms with E-state index in [1.807, 2.05) is 19.1 Å². The summed E-state index contributed by atoms with van der Waals surface area (Å²) in [6.07, 6.45) is 0. The molecule has 4 nitrogen and oxygen atoms in total. The third-order valence-corrected chi connectivity index (χ3v) is 3.34. The van der Waals surface area contributed by atoms with Crippen LogP contribution in [0.1, 0.15) is 29.0 Å². The van der Waals surface area contributed by atoms with Crippen LogP contribution in [0.5, 0.6) is 0 Å². The minimum absolute atomic E-state index is 0.0393. The van der Waals surface area contributed by atoms with E-state index in [-0.39, 0.29) is 16.8 Å². The molecule has 0 aliphatic rings. The monoisotopic (exact) mass is 310 g/mol. The summed E-state index contributed by atoms with van der Waals surface area (Å²) < 4.78 is 0. The van der Waals surface area contributed by atoms with Crippen molar-refractivity contribution in [1.82, 2.24) is 4.98 Å². The smallest absolute Gasteiger partial charge is 0.356 e. The number of hydrogen-bond acceptors (Lipinski definition) is 3. The molecule has 1 aromatic carbocycles. The Morgan fingerprint density at radius 3 is 2.45 bits per heavy atom. The average Bonchev–Trinajstić information content (AvgIpc) is 2.41. The highest BCUT2D eigenvalue weighted by molar-refractivity contribution is 6.33. The summed E-state index contributed by atoms with van der Waals surface area (Å²) in [4.78, 5) is 15.0. The number of aromatic carboxylic acids is 1. The molecule has 0 saturated carbocycles. The van der Waals surface area contributed by atoms with Crippen LogP contribution in [0.15, 0.2) is 36.4 Å². The van der Waals surface area contributed by atoms with Crippen molar-refractivity contribution in [2.75, 3.05) is 5.32 Å². The molecule has 1 unspecified atom stereocenters. The summed E-state index contributed by atoms with van der Waals surface area (Å²) >= 11 is 11.6. The van der Waals surface area contributed by atoms with E-state index in [0.717, 1.165) is 5.56 Å². The number of carboxylic acids is 1. The molecule has 1 aromatic heterocycles. The van der Waals surface area contributed by atoms with Crippen LogP contribution in [0.2, 0.25) is 10.0 Å². The molecule has 1 atom stereocenters. The molecule has 0 aliphatic heterocycles. The maximum absolute atomic E-state index is 11.0. The topological polar surface area (TPSA) is 62.2 Å². The van der Waals surface area contributed by atoms with Gasteiger partial charge in [-0.05, 0) is 36.8 Å². The number of carbonyl (C=O) groups is 1. The fourth-order valence-corrected chi connectivity index (χ4v) is 2.04. The van der Waals surface area contributed by atoms with Gasteiger partial charge in [-0.3, -0.25) is 0 Å². The first-order chi connectivity index (χ1) is 9.47. The number of nitrogens with one attached hydrogen (secondary N) is 1. The van der Waals surface area contributed by atoms with Crippen molar-refractivity contribution >= 4 is 35.0 Å². The fraction of sp³-hybridized carbons (Fsp3) is 0.143. The normalized spacial score (nSPS) is 11.9. The van der Waals surface area contributed by atoms with Gasteiger partial charge in [0.25, 0.3) is 0 Å². The first-order valence-electron chi connectivity index (χ1n) is 5.89. The van der Waals surface area contributed by atoms with Crippen LogP contribution in [-0.4, -0.2) is 16.1 Å². The highest BCUT2D eigenvalue weighted by Gasteiger charge is 2.13. The lowest BCUT2D eigenvalue weighted by Crippen LogP contribution is -2.10. The molecule has 0 saturated heterocycles. The Kier molecular flexibility index (Phi) is 4.47. The number of halogens is 2. The number of aromatic nitrogens is 1. The van der Waals surface area contributed by atoms with Gasteiger partial charge in [-0.2, -0.15) is 0 Å². The zero-order chi connectivity index (χ0) is 14.7. The van der Waals surface area contributed by atoms with Crippen LogP contribution in [-0.2, 0) is 0 Å². The minimum Gasteiger partial charge on any atom is -0.476 e. The van der Waals surface area contributed by atoms with E-state index < -0.39 is 5.97 Å². The summed E-state index contributed by atoms with van der Waals surface area (Å²) in [7, 11) is 0. The number of benzene rings is 1. The molecule has 0 fully saturated rings. The van der Waals surface area contributed by atoms with E-state index in [9.17, 15) is 4.79 Å². The maximum atomic E-state index is 11.0. The Morgan fingerprint density at radius 2 is 1.85 bits per heavy atom. The van der Waals surface area contributed by atoms with Crippen molar-refractivity contribution in [1.29, 1.82) is 0 Å². The van der Waals surface area contributed by atoms with Gasteiger partial charge in [0.1, 0.15) is 5.82 Å². The van der Waals surface area contributed by atoms with Crippen molar-refractivity contribution in [3.05, 3.63) is 57.7 Å². The Hall–Kier alpha value is -1.78. The van der Waals surface area contributed by atoms with Gasteiger partial charge in [-0.25, -0.2) is 9.78 Å². The molecule has 6 heteroatoms. The average molecular weight is 311 g/mol. The van der Waals surface area contributed by atoms with Crippen LogP contribution in [0, 0.1) is 0 Å². The van der Waals surface area contributed by atoms with Gasteiger partial charge < -0.3 is 10.4 Å². The van der Waals surface area contributed by atoms with Gasteiger partial charge in [0.2, 0.25) is 0 Å². The van der Waals surface area contributed by atoms with Crippen LogP contribution >= 0.6 is 23.2 Å². The van der Waals surface area contributed by atoms with Gasteiger partial charge in [0.15, 0.2) is 5.69 Å². The van der Waals surface area contributed by atoms with Crippen LogP contribution in [0.3, 0.4) is 0 Å². The summed E-state index contributed by atoms with van der Waals surface area (Å²) in [5.41, 5.74) is 0.850. The molecule has 2 rings (SSSR count). The predicted molar refractivity (Wildman–Crippen MR) is 79.7 cm³/mol. The maximum Gasteiger partial charge on any atom is 0.356 e. The van der Waals surface area contributed by atoms with Gasteiger partial charge in [0.05, 0.1) is 5.02 Å². The van der Waals surface area contributed by atoms with Crippen LogP contribution in [0.25, 0.3) is 0 Å². The Labute approximate surface area is 126 Å². The van der Waals surface area contributed by atoms with Crippen molar-refractivity contribution < 1.29 is 9.90 Å². The first kappa shape index (κ1) is 14.6. The highest BCUT2D eigenvalue weighted by atomic mass is 35.5. The predicted octanol–water partition coefficient (Wildman–Crippen LogP) is 4.26. The Balaban J connectivity index is 2.19. The summed E-state index contributed by atoms with van der Waals surface area (Å²) in [5.74, 6) is -0.702. The molecule has 20 heavy (non-hydrogen) atoms. The van der Waals surface area contributed by atoms with Crippen molar-refractivity contribution in [2.45, 2.75) is 13.0 Å². The second kappa shape index (κ2) is 6.11. The molecule has 0 radical (unpaired) electrons. The Morgan fingerprint density at radius 1 is 1.20 bits per heavy atom. The molecule has 2 aromatic rings. The summed E-state index contributed by atoms with van der Waals surface area (Å²) in [5, 5.41) is 12.9. The van der Waals surface area contributed by atoms with E-state index >= 15 is 0 Å². The van der Waals surface area contributed by atoms with E-state index in [1.165, 1.54) is 6.07 Å². The molecule has 0 amide bonds. The zero-order valence-electron chi connectivity index (χ0n) is 10.6. The number of carboxylic acid groups (broad SMARTS) is 1. The van der Waals surface area contributed by atoms with E-state index in [2.05, 4.69) is 10.3 Å². The lowest BCUT2D eigenvalue weighted by Gasteiger charge is -2.15. The standard InChI is InChI=1S/C14H12Cl2N2O2/c1-8(9-2-4-10(15)5-3-9)17-12-7-6-11(16)13(18-12)14(19)20/h2-8H,1H3,(H,17,18)(H,19,20). The molecule has 104 valence electrons. The van der Waals surface area contributed by atoms with Gasteiger partial charge in [0, 0.05) is 11.1 Å². The molecular weight excluding hydrogens is 299 g/mol. The second-order valence-electron chi connectivity index (χ2n) is 4.25. The third kappa shape index (κ3) is 3.40. The van der Waals surface area contributed by atoms with Crippen LogP contribution in [0.4, 0.5) is 5.82 Å². The molecule has 1 heterocycles. The fourth-order valence-electron chi connectivity index (χ4n) is 1.73. The van der Waals surface area contributed by atoms with E-state index in [1.54, 1.807) is 18.2 Å². The highest BCUT2D eigenvalue weighted by Crippen LogP contribution is 2.22. The van der Waals surface area contributed by atoms with Crippen molar-refractivity contribution in [3.63, 3.8) is 0 Å². The first-order valence-corrected chi connectivity index (χ1v) is 6.65. The van der Waals surface area contributed by atoms with E-state index in [0.29, 0.717) is 10.8 Å². The molecule has 2 N–H and O–H groups in total. The largest absolute Gasteiger partial charge is 0.476 e. The zero-order valence-corrected chi connectivity index (χ0v) is 12.1. The third-order valence-electron chi connectivity index (χ3n) is 2.78. The summed E-state index contributed by atoms with van der Waals surface area (Å²) in [6, 6.07) is 10.5.